The number of rotatable bonds is 5. The minimum Gasteiger partial charge on any atom is -0.484 e. The van der Waals surface area contributed by atoms with Gasteiger partial charge in [-0.1, -0.05) is 16.8 Å². The minimum atomic E-state index is -0.0695. The average Bonchev–Trinajstić information content (AvgIpc) is 3.25. The normalized spacial score (nSPS) is 16.6. The Morgan fingerprint density at radius 3 is 3.07 bits per heavy atom. The number of amides is 1. The van der Waals surface area contributed by atoms with Crippen LogP contribution in [0.3, 0.4) is 0 Å². The molecule has 4 rings (SSSR count). The van der Waals surface area contributed by atoms with Gasteiger partial charge >= 0.3 is 0 Å². The molecular formula is C20H20ClN5O3. The summed E-state index contributed by atoms with van der Waals surface area (Å²) in [5.74, 6) is 1.48. The monoisotopic (exact) mass is 413 g/mol. The molecule has 1 saturated heterocycles. The van der Waals surface area contributed by atoms with Gasteiger partial charge in [0.25, 0.3) is 11.8 Å². The van der Waals surface area contributed by atoms with Crippen LogP contribution in [0.25, 0.3) is 11.6 Å². The number of nitrogens with zero attached hydrogens (tertiary/aromatic N) is 5. The van der Waals surface area contributed by atoms with Gasteiger partial charge in [0.15, 0.2) is 12.4 Å². The number of piperidine rings is 1. The number of carbonyl (C=O) groups is 1. The minimum absolute atomic E-state index is 0.0136. The molecule has 1 atom stereocenters. The molecule has 0 bridgehead atoms. The number of halogens is 1. The summed E-state index contributed by atoms with van der Waals surface area (Å²) >= 11 is 6.02. The van der Waals surface area contributed by atoms with E-state index in [1.165, 1.54) is 0 Å². The lowest BCUT2D eigenvalue weighted by Gasteiger charge is -2.31. The fraction of sp³-hybridized carbons (Fsp3) is 0.350. The van der Waals surface area contributed by atoms with Crippen molar-refractivity contribution in [2.75, 3.05) is 19.7 Å². The van der Waals surface area contributed by atoms with Crippen LogP contribution in [-0.4, -0.2) is 50.6 Å². The molecule has 3 heterocycles. The van der Waals surface area contributed by atoms with E-state index in [4.69, 9.17) is 20.9 Å². The van der Waals surface area contributed by atoms with Crippen LogP contribution in [0, 0.1) is 6.92 Å². The van der Waals surface area contributed by atoms with Crippen LogP contribution >= 0.6 is 11.6 Å². The molecule has 3 aromatic rings. The predicted octanol–water partition coefficient (Wildman–Crippen LogP) is 3.27. The van der Waals surface area contributed by atoms with Gasteiger partial charge in [0.2, 0.25) is 0 Å². The lowest BCUT2D eigenvalue weighted by atomic mass is 9.97. The Morgan fingerprint density at radius 2 is 2.28 bits per heavy atom. The molecule has 0 saturated carbocycles. The number of benzene rings is 1. The zero-order valence-corrected chi connectivity index (χ0v) is 16.7. The van der Waals surface area contributed by atoms with Gasteiger partial charge < -0.3 is 14.2 Å². The van der Waals surface area contributed by atoms with Crippen LogP contribution in [-0.2, 0) is 4.79 Å². The Bertz CT molecular complexity index is 995. The van der Waals surface area contributed by atoms with Gasteiger partial charge in [-0.15, -0.1) is 0 Å². The Hall–Kier alpha value is -3.00. The van der Waals surface area contributed by atoms with Gasteiger partial charge in [-0.25, -0.2) is 4.98 Å². The van der Waals surface area contributed by atoms with Crippen molar-refractivity contribution >= 4 is 17.5 Å². The van der Waals surface area contributed by atoms with Gasteiger partial charge in [-0.3, -0.25) is 9.78 Å². The summed E-state index contributed by atoms with van der Waals surface area (Å²) < 4.78 is 11.0. The van der Waals surface area contributed by atoms with Crippen LogP contribution in [0.5, 0.6) is 5.75 Å². The number of hydrogen-bond donors (Lipinski definition) is 0. The topological polar surface area (TPSA) is 94.2 Å². The van der Waals surface area contributed by atoms with E-state index in [9.17, 15) is 4.79 Å². The van der Waals surface area contributed by atoms with Crippen LogP contribution in [0.2, 0.25) is 5.02 Å². The van der Waals surface area contributed by atoms with E-state index in [0.717, 1.165) is 18.4 Å². The summed E-state index contributed by atoms with van der Waals surface area (Å²) in [4.78, 5) is 27.0. The first-order chi connectivity index (χ1) is 14.1. The maximum Gasteiger partial charge on any atom is 0.278 e. The second kappa shape index (κ2) is 8.57. The van der Waals surface area contributed by atoms with E-state index in [1.807, 2.05) is 13.0 Å². The summed E-state index contributed by atoms with van der Waals surface area (Å²) in [6.07, 6.45) is 6.48. The molecule has 29 heavy (non-hydrogen) atoms. The number of aryl methyl sites for hydroxylation is 1. The summed E-state index contributed by atoms with van der Waals surface area (Å²) in [6.45, 7) is 3.09. The number of aromatic nitrogens is 4. The Kier molecular flexibility index (Phi) is 5.71. The fourth-order valence-corrected chi connectivity index (χ4v) is 3.39. The van der Waals surface area contributed by atoms with Crippen molar-refractivity contribution in [2.45, 2.75) is 25.7 Å². The van der Waals surface area contributed by atoms with Crippen molar-refractivity contribution in [1.82, 2.24) is 25.0 Å². The van der Waals surface area contributed by atoms with Crippen molar-refractivity contribution in [3.8, 4) is 17.3 Å². The summed E-state index contributed by atoms with van der Waals surface area (Å²) in [7, 11) is 0. The summed E-state index contributed by atoms with van der Waals surface area (Å²) in [5, 5.41) is 4.76. The maximum absolute atomic E-state index is 12.6. The standard InChI is InChI=1S/C20H20ClN5O3/c1-13-9-15(4-5-16(13)21)28-12-18(27)26-8-2-3-14(11-26)19-24-20(29-25-19)17-10-22-6-7-23-17/h4-7,9-10,14H,2-3,8,11-12H2,1H3/t14-/m0/s1. The molecule has 1 aliphatic heterocycles. The van der Waals surface area contributed by atoms with Gasteiger partial charge in [0.1, 0.15) is 11.4 Å². The highest BCUT2D eigenvalue weighted by molar-refractivity contribution is 6.31. The third-order valence-corrected chi connectivity index (χ3v) is 5.28. The second-order valence-electron chi connectivity index (χ2n) is 6.93. The largest absolute Gasteiger partial charge is 0.484 e. The third kappa shape index (κ3) is 4.54. The predicted molar refractivity (Wildman–Crippen MR) is 106 cm³/mol. The molecule has 1 aliphatic rings. The molecule has 150 valence electrons. The molecule has 9 heteroatoms. The maximum atomic E-state index is 12.6. The van der Waals surface area contributed by atoms with E-state index >= 15 is 0 Å². The highest BCUT2D eigenvalue weighted by atomic mass is 35.5. The molecule has 1 amide bonds. The van der Waals surface area contributed by atoms with E-state index in [0.29, 0.717) is 41.3 Å². The zero-order chi connectivity index (χ0) is 20.2. The highest BCUT2D eigenvalue weighted by Gasteiger charge is 2.28. The van der Waals surface area contributed by atoms with Crippen LogP contribution in [0.1, 0.15) is 30.1 Å². The number of likely N-dealkylation sites (tertiary alicyclic amines) is 1. The smallest absolute Gasteiger partial charge is 0.278 e. The van der Waals surface area contributed by atoms with Gasteiger partial charge in [-0.05, 0) is 43.5 Å². The van der Waals surface area contributed by atoms with E-state index in [2.05, 4.69) is 20.1 Å². The SMILES string of the molecule is Cc1cc(OCC(=O)N2CCC[C@H](c3noc(-c4cnccn4)n3)C2)ccc1Cl. The fourth-order valence-electron chi connectivity index (χ4n) is 3.27. The number of hydrogen-bond acceptors (Lipinski definition) is 7. The Morgan fingerprint density at radius 1 is 1.38 bits per heavy atom. The molecule has 0 radical (unpaired) electrons. The Balaban J connectivity index is 1.37. The van der Waals surface area contributed by atoms with Gasteiger partial charge in [0.05, 0.1) is 6.20 Å². The van der Waals surface area contributed by atoms with E-state index in [1.54, 1.807) is 35.6 Å². The Labute approximate surface area is 172 Å². The van der Waals surface area contributed by atoms with Crippen LogP contribution in [0.15, 0.2) is 41.3 Å². The molecule has 1 aromatic carbocycles. The van der Waals surface area contributed by atoms with Crippen LogP contribution in [0.4, 0.5) is 0 Å². The second-order valence-corrected chi connectivity index (χ2v) is 7.33. The van der Waals surface area contributed by atoms with Gasteiger partial charge in [-0.2, -0.15) is 4.98 Å². The van der Waals surface area contributed by atoms with Crippen molar-refractivity contribution in [2.24, 2.45) is 0 Å². The summed E-state index contributed by atoms with van der Waals surface area (Å²) in [6, 6.07) is 5.34. The lowest BCUT2D eigenvalue weighted by Crippen LogP contribution is -2.41. The summed E-state index contributed by atoms with van der Waals surface area (Å²) in [5.41, 5.74) is 1.44. The highest BCUT2D eigenvalue weighted by Crippen LogP contribution is 2.27. The third-order valence-electron chi connectivity index (χ3n) is 4.85. The van der Waals surface area contributed by atoms with Crippen molar-refractivity contribution < 1.29 is 14.1 Å². The number of carbonyl (C=O) groups excluding carboxylic acids is 1. The van der Waals surface area contributed by atoms with Crippen LogP contribution < -0.4 is 4.74 Å². The lowest BCUT2D eigenvalue weighted by molar-refractivity contribution is -0.134. The first kappa shape index (κ1) is 19.3. The molecule has 2 aromatic heterocycles. The first-order valence-electron chi connectivity index (χ1n) is 9.37. The van der Waals surface area contributed by atoms with Crippen molar-refractivity contribution in [3.63, 3.8) is 0 Å². The first-order valence-corrected chi connectivity index (χ1v) is 9.74. The van der Waals surface area contributed by atoms with Crippen molar-refractivity contribution in [1.29, 1.82) is 0 Å². The number of ether oxygens (including phenoxy) is 1. The molecular weight excluding hydrogens is 394 g/mol. The molecule has 0 spiro atoms. The molecule has 1 fully saturated rings. The molecule has 0 aliphatic carbocycles. The van der Waals surface area contributed by atoms with Crippen molar-refractivity contribution in [3.05, 3.63) is 53.2 Å². The van der Waals surface area contributed by atoms with E-state index < -0.39 is 0 Å². The molecule has 0 unspecified atom stereocenters. The zero-order valence-electron chi connectivity index (χ0n) is 15.9. The quantitative estimate of drug-likeness (QED) is 0.633. The molecule has 0 N–H and O–H groups in total. The molecule has 8 nitrogen and oxygen atoms in total. The van der Waals surface area contributed by atoms with Gasteiger partial charge in [0, 0.05) is 36.4 Å². The average molecular weight is 414 g/mol. The van der Waals surface area contributed by atoms with E-state index in [-0.39, 0.29) is 18.4 Å².